The molecule has 2 rings (SSSR count). The highest BCUT2D eigenvalue weighted by molar-refractivity contribution is 5.81. The highest BCUT2D eigenvalue weighted by atomic mass is 16.5. The van der Waals surface area contributed by atoms with Gasteiger partial charge in [-0.3, -0.25) is 4.79 Å². The van der Waals surface area contributed by atoms with Gasteiger partial charge in [0.05, 0.1) is 12.6 Å². The number of hydrogen-bond donors (Lipinski definition) is 1. The van der Waals surface area contributed by atoms with E-state index >= 15 is 0 Å². The summed E-state index contributed by atoms with van der Waals surface area (Å²) >= 11 is 0. The molecule has 1 fully saturated rings. The van der Waals surface area contributed by atoms with Gasteiger partial charge in [0.1, 0.15) is 6.10 Å². The summed E-state index contributed by atoms with van der Waals surface area (Å²) < 4.78 is 10.2. The van der Waals surface area contributed by atoms with Crippen molar-refractivity contribution >= 4 is 5.91 Å². The third kappa shape index (κ3) is 3.30. The van der Waals surface area contributed by atoms with E-state index in [2.05, 4.69) is 15.5 Å². The van der Waals surface area contributed by atoms with Crippen molar-refractivity contribution in [2.45, 2.75) is 38.5 Å². The molecule has 1 aromatic heterocycles. The second-order valence-electron chi connectivity index (χ2n) is 4.77. The molecular weight excluding hydrogens is 248 g/mol. The Kier molecular flexibility index (Phi) is 4.49. The lowest BCUT2D eigenvalue weighted by molar-refractivity contribution is -0.132. The maximum Gasteiger partial charge on any atom is 0.246 e. The van der Waals surface area contributed by atoms with Crippen molar-refractivity contribution in [1.82, 2.24) is 20.4 Å². The quantitative estimate of drug-likeness (QED) is 0.837. The molecular formula is C12H20N4O3. The van der Waals surface area contributed by atoms with E-state index in [0.29, 0.717) is 18.3 Å². The van der Waals surface area contributed by atoms with E-state index in [9.17, 15) is 4.79 Å². The van der Waals surface area contributed by atoms with E-state index in [0.717, 1.165) is 19.4 Å². The standard InChI is InChI=1S/C12H20N4O3/c1-8(18-3)11-14-10(19-15-11)7-16(2)12(17)9-5-4-6-13-9/h8-9,13H,4-7H2,1-3H3. The second-order valence-corrected chi connectivity index (χ2v) is 4.77. The molecule has 1 aliphatic rings. The van der Waals surface area contributed by atoms with Crippen LogP contribution in [0.4, 0.5) is 0 Å². The number of carbonyl (C=O) groups is 1. The lowest BCUT2D eigenvalue weighted by Crippen LogP contribution is -2.41. The van der Waals surface area contributed by atoms with Gasteiger partial charge < -0.3 is 19.5 Å². The first kappa shape index (κ1) is 14.0. The highest BCUT2D eigenvalue weighted by Crippen LogP contribution is 2.13. The predicted octanol–water partition coefficient (Wildman–Crippen LogP) is 0.487. The lowest BCUT2D eigenvalue weighted by atomic mass is 10.2. The van der Waals surface area contributed by atoms with E-state index in [1.165, 1.54) is 0 Å². The van der Waals surface area contributed by atoms with Crippen LogP contribution in [0.3, 0.4) is 0 Å². The average molecular weight is 268 g/mol. The summed E-state index contributed by atoms with van der Waals surface area (Å²) in [7, 11) is 3.33. The van der Waals surface area contributed by atoms with E-state index in [-0.39, 0.29) is 18.1 Å². The number of likely N-dealkylation sites (N-methyl/N-ethyl adjacent to an activating group) is 1. The fourth-order valence-electron chi connectivity index (χ4n) is 2.04. The van der Waals surface area contributed by atoms with Gasteiger partial charge in [-0.05, 0) is 26.3 Å². The van der Waals surface area contributed by atoms with Crippen molar-refractivity contribution < 1.29 is 14.1 Å². The molecule has 2 heterocycles. The molecule has 19 heavy (non-hydrogen) atoms. The van der Waals surface area contributed by atoms with Gasteiger partial charge in [-0.2, -0.15) is 4.98 Å². The Morgan fingerprint density at radius 3 is 3.11 bits per heavy atom. The van der Waals surface area contributed by atoms with E-state index in [4.69, 9.17) is 9.26 Å². The van der Waals surface area contributed by atoms with Crippen molar-refractivity contribution in [2.24, 2.45) is 0 Å². The summed E-state index contributed by atoms with van der Waals surface area (Å²) in [6, 6.07) is -0.0784. The summed E-state index contributed by atoms with van der Waals surface area (Å²) in [4.78, 5) is 17.9. The van der Waals surface area contributed by atoms with Gasteiger partial charge in [0.15, 0.2) is 5.82 Å². The van der Waals surface area contributed by atoms with Crippen LogP contribution >= 0.6 is 0 Å². The Morgan fingerprint density at radius 1 is 1.68 bits per heavy atom. The molecule has 1 amide bonds. The summed E-state index contributed by atoms with van der Waals surface area (Å²) in [5.41, 5.74) is 0. The molecule has 2 unspecified atom stereocenters. The van der Waals surface area contributed by atoms with Crippen molar-refractivity contribution in [1.29, 1.82) is 0 Å². The van der Waals surface area contributed by atoms with Crippen LogP contribution < -0.4 is 5.32 Å². The Balaban J connectivity index is 1.92. The predicted molar refractivity (Wildman–Crippen MR) is 67.2 cm³/mol. The molecule has 0 aliphatic carbocycles. The number of methoxy groups -OCH3 is 1. The number of rotatable bonds is 5. The van der Waals surface area contributed by atoms with Crippen molar-refractivity contribution in [3.63, 3.8) is 0 Å². The van der Waals surface area contributed by atoms with Crippen LogP contribution in [0, 0.1) is 0 Å². The van der Waals surface area contributed by atoms with Crippen molar-refractivity contribution in [2.75, 3.05) is 20.7 Å². The highest BCUT2D eigenvalue weighted by Gasteiger charge is 2.26. The minimum atomic E-state index is -0.213. The van der Waals surface area contributed by atoms with Crippen LogP contribution in [0.1, 0.15) is 37.6 Å². The minimum absolute atomic E-state index is 0.0667. The first-order valence-corrected chi connectivity index (χ1v) is 6.45. The normalized spacial score (nSPS) is 20.5. The van der Waals surface area contributed by atoms with Crippen LogP contribution in [-0.4, -0.2) is 47.7 Å². The molecule has 0 radical (unpaired) electrons. The number of ether oxygens (including phenoxy) is 1. The van der Waals surface area contributed by atoms with Crippen LogP contribution in [0.2, 0.25) is 0 Å². The molecule has 106 valence electrons. The first-order valence-electron chi connectivity index (χ1n) is 6.45. The number of hydrogen-bond acceptors (Lipinski definition) is 6. The molecule has 7 heteroatoms. The zero-order valence-electron chi connectivity index (χ0n) is 11.5. The van der Waals surface area contributed by atoms with Crippen LogP contribution in [-0.2, 0) is 16.1 Å². The second kappa shape index (κ2) is 6.12. The number of aromatic nitrogens is 2. The topological polar surface area (TPSA) is 80.5 Å². The minimum Gasteiger partial charge on any atom is -0.374 e. The number of nitrogens with one attached hydrogen (secondary N) is 1. The number of amides is 1. The molecule has 1 N–H and O–H groups in total. The maximum absolute atomic E-state index is 12.1. The summed E-state index contributed by atoms with van der Waals surface area (Å²) in [6.45, 7) is 3.06. The smallest absolute Gasteiger partial charge is 0.246 e. The van der Waals surface area contributed by atoms with Crippen LogP contribution in [0.5, 0.6) is 0 Å². The van der Waals surface area contributed by atoms with Gasteiger partial charge in [-0.15, -0.1) is 0 Å². The third-order valence-corrected chi connectivity index (χ3v) is 3.31. The van der Waals surface area contributed by atoms with Gasteiger partial charge in [0.25, 0.3) is 0 Å². The third-order valence-electron chi connectivity index (χ3n) is 3.31. The summed E-state index contributed by atoms with van der Waals surface area (Å²) in [5, 5.41) is 7.01. The van der Waals surface area contributed by atoms with E-state index in [1.807, 2.05) is 6.92 Å². The van der Waals surface area contributed by atoms with Crippen LogP contribution in [0.15, 0.2) is 4.52 Å². The summed E-state index contributed by atoms with van der Waals surface area (Å²) in [6.07, 6.45) is 1.72. The Morgan fingerprint density at radius 2 is 2.47 bits per heavy atom. The van der Waals surface area contributed by atoms with Crippen molar-refractivity contribution in [3.05, 3.63) is 11.7 Å². The van der Waals surface area contributed by atoms with Gasteiger partial charge >= 0.3 is 0 Å². The fraction of sp³-hybridized carbons (Fsp3) is 0.750. The number of nitrogens with zero attached hydrogens (tertiary/aromatic N) is 3. The molecule has 0 bridgehead atoms. The van der Waals surface area contributed by atoms with Gasteiger partial charge in [0.2, 0.25) is 11.8 Å². The first-order chi connectivity index (χ1) is 9.11. The van der Waals surface area contributed by atoms with E-state index in [1.54, 1.807) is 19.1 Å². The van der Waals surface area contributed by atoms with E-state index < -0.39 is 0 Å². The average Bonchev–Trinajstić information content (AvgIpc) is 3.07. The van der Waals surface area contributed by atoms with Crippen LogP contribution in [0.25, 0.3) is 0 Å². The largest absolute Gasteiger partial charge is 0.374 e. The molecule has 7 nitrogen and oxygen atoms in total. The molecule has 0 spiro atoms. The van der Waals surface area contributed by atoms with Gasteiger partial charge in [-0.25, -0.2) is 0 Å². The Bertz CT molecular complexity index is 428. The molecule has 2 atom stereocenters. The maximum atomic E-state index is 12.1. The lowest BCUT2D eigenvalue weighted by Gasteiger charge is -2.19. The Hall–Kier alpha value is -1.47. The van der Waals surface area contributed by atoms with Gasteiger partial charge in [0, 0.05) is 14.2 Å². The fourth-order valence-corrected chi connectivity index (χ4v) is 2.04. The Labute approximate surface area is 112 Å². The zero-order chi connectivity index (χ0) is 13.8. The molecule has 0 aromatic carbocycles. The SMILES string of the molecule is COC(C)c1noc(CN(C)C(=O)C2CCCN2)n1. The van der Waals surface area contributed by atoms with Crippen molar-refractivity contribution in [3.8, 4) is 0 Å². The summed E-state index contributed by atoms with van der Waals surface area (Å²) in [5.74, 6) is 0.988. The monoisotopic (exact) mass is 268 g/mol. The number of carbonyl (C=O) groups excluding carboxylic acids is 1. The molecule has 0 saturated carbocycles. The van der Waals surface area contributed by atoms with Gasteiger partial charge in [-0.1, -0.05) is 5.16 Å². The molecule has 1 aromatic rings. The molecule has 1 aliphatic heterocycles. The zero-order valence-corrected chi connectivity index (χ0v) is 11.5. The molecule has 1 saturated heterocycles.